The van der Waals surface area contributed by atoms with Crippen LogP contribution in [0.4, 0.5) is 24.5 Å². The van der Waals surface area contributed by atoms with Crippen LogP contribution >= 0.6 is 0 Å². The van der Waals surface area contributed by atoms with Gasteiger partial charge in [0.15, 0.2) is 6.61 Å². The first-order chi connectivity index (χ1) is 15.4. The van der Waals surface area contributed by atoms with Gasteiger partial charge in [-0.15, -0.1) is 0 Å². The predicted molar refractivity (Wildman–Crippen MR) is 117 cm³/mol. The number of hydrogen-bond donors (Lipinski definition) is 1. The lowest BCUT2D eigenvalue weighted by molar-refractivity contribution is -0.384. The van der Waals surface area contributed by atoms with E-state index in [0.717, 1.165) is 5.56 Å². The van der Waals surface area contributed by atoms with Crippen LogP contribution in [0.2, 0.25) is 0 Å². The lowest BCUT2D eigenvalue weighted by Gasteiger charge is -2.19. The summed E-state index contributed by atoms with van der Waals surface area (Å²) in [6, 6.07) is 7.44. The molecule has 0 radical (unpaired) electrons. The number of rotatable bonds is 10. The summed E-state index contributed by atoms with van der Waals surface area (Å²) < 4.78 is 47.3. The van der Waals surface area contributed by atoms with Crippen LogP contribution in [-0.2, 0) is 11.3 Å². The highest BCUT2D eigenvalue weighted by Gasteiger charge is 2.29. The van der Waals surface area contributed by atoms with Crippen molar-refractivity contribution in [3.8, 4) is 11.5 Å². The van der Waals surface area contributed by atoms with E-state index in [1.165, 1.54) is 25.3 Å². The monoisotopic (exact) mass is 469 g/mol. The smallest absolute Gasteiger partial charge is 0.422 e. The summed E-state index contributed by atoms with van der Waals surface area (Å²) in [4.78, 5) is 24.5. The molecule has 2 aromatic carbocycles. The van der Waals surface area contributed by atoms with E-state index in [0.29, 0.717) is 29.9 Å². The van der Waals surface area contributed by atoms with E-state index in [4.69, 9.17) is 9.47 Å². The number of alkyl halides is 3. The van der Waals surface area contributed by atoms with E-state index >= 15 is 0 Å². The number of halogens is 3. The molecule has 0 fully saturated rings. The molecular weight excluding hydrogens is 443 g/mol. The Hall–Kier alpha value is -3.34. The molecule has 0 aliphatic carbocycles. The van der Waals surface area contributed by atoms with Gasteiger partial charge >= 0.3 is 6.18 Å². The van der Waals surface area contributed by atoms with Gasteiger partial charge in [0.1, 0.15) is 11.5 Å². The van der Waals surface area contributed by atoms with Crippen molar-refractivity contribution in [2.75, 3.05) is 32.6 Å². The zero-order valence-electron chi connectivity index (χ0n) is 18.8. The van der Waals surface area contributed by atoms with Gasteiger partial charge < -0.3 is 19.7 Å². The fourth-order valence-corrected chi connectivity index (χ4v) is 3.31. The van der Waals surface area contributed by atoms with Crippen LogP contribution in [-0.4, -0.2) is 49.2 Å². The molecule has 33 heavy (non-hydrogen) atoms. The largest absolute Gasteiger partial charge is 0.494 e. The SMILES string of the molecule is COc1cc([N+](=O)[O-])ccc1NC(=O)CCN(C)Cc1cc(C)c(OCC(F)(F)F)c(C)c1. The van der Waals surface area contributed by atoms with Gasteiger partial charge in [0.25, 0.3) is 5.69 Å². The average Bonchev–Trinajstić information content (AvgIpc) is 2.71. The third-order valence-corrected chi connectivity index (χ3v) is 4.74. The lowest BCUT2D eigenvalue weighted by Crippen LogP contribution is -2.24. The maximum atomic E-state index is 12.4. The van der Waals surface area contributed by atoms with E-state index in [1.54, 1.807) is 26.0 Å². The number of ether oxygens (including phenoxy) is 2. The third kappa shape index (κ3) is 7.94. The summed E-state index contributed by atoms with van der Waals surface area (Å²) in [7, 11) is 3.17. The molecule has 2 aromatic rings. The van der Waals surface area contributed by atoms with Gasteiger partial charge in [0.2, 0.25) is 5.91 Å². The molecular formula is C22H26F3N3O5. The first-order valence-corrected chi connectivity index (χ1v) is 10.00. The normalized spacial score (nSPS) is 11.4. The van der Waals surface area contributed by atoms with E-state index in [2.05, 4.69) is 5.32 Å². The van der Waals surface area contributed by atoms with E-state index in [9.17, 15) is 28.1 Å². The topological polar surface area (TPSA) is 93.9 Å². The maximum absolute atomic E-state index is 12.4. The van der Waals surface area contributed by atoms with Crippen LogP contribution in [0.5, 0.6) is 11.5 Å². The fourth-order valence-electron chi connectivity index (χ4n) is 3.31. The number of hydrogen-bond acceptors (Lipinski definition) is 6. The highest BCUT2D eigenvalue weighted by atomic mass is 19.4. The van der Waals surface area contributed by atoms with Gasteiger partial charge in [-0.05, 0) is 43.7 Å². The zero-order chi connectivity index (χ0) is 24.8. The number of nitro benzene ring substituents is 1. The number of nitrogens with zero attached hydrogens (tertiary/aromatic N) is 2. The van der Waals surface area contributed by atoms with Crippen LogP contribution in [0.3, 0.4) is 0 Å². The van der Waals surface area contributed by atoms with Crippen LogP contribution in [0.25, 0.3) is 0 Å². The van der Waals surface area contributed by atoms with Crippen LogP contribution in [0.15, 0.2) is 30.3 Å². The molecule has 1 N–H and O–H groups in total. The number of carbonyl (C=O) groups is 1. The van der Waals surface area contributed by atoms with Crippen molar-refractivity contribution in [1.82, 2.24) is 4.90 Å². The molecule has 11 heteroatoms. The Labute approximate surface area is 189 Å². The number of aryl methyl sites for hydroxylation is 2. The Morgan fingerprint density at radius 2 is 1.82 bits per heavy atom. The fraction of sp³-hybridized carbons (Fsp3) is 0.409. The number of anilines is 1. The van der Waals surface area contributed by atoms with Crippen LogP contribution < -0.4 is 14.8 Å². The second kappa shape index (κ2) is 11.0. The molecule has 1 amide bonds. The number of carbonyl (C=O) groups excluding carboxylic acids is 1. The van der Waals surface area contributed by atoms with Gasteiger partial charge in [0.05, 0.1) is 23.8 Å². The summed E-state index contributed by atoms with van der Waals surface area (Å²) in [5.41, 5.74) is 2.27. The first-order valence-electron chi connectivity index (χ1n) is 10.00. The Morgan fingerprint density at radius 3 is 2.36 bits per heavy atom. The van der Waals surface area contributed by atoms with Gasteiger partial charge in [-0.2, -0.15) is 13.2 Å². The van der Waals surface area contributed by atoms with Crippen molar-refractivity contribution in [3.63, 3.8) is 0 Å². The molecule has 0 bridgehead atoms. The molecule has 180 valence electrons. The van der Waals surface area contributed by atoms with Crippen molar-refractivity contribution < 1.29 is 32.4 Å². The Bertz CT molecular complexity index is 988. The number of nitrogens with one attached hydrogen (secondary N) is 1. The number of methoxy groups -OCH3 is 1. The first kappa shape index (κ1) is 25.9. The van der Waals surface area contributed by atoms with Crippen molar-refractivity contribution in [3.05, 3.63) is 57.1 Å². The van der Waals surface area contributed by atoms with Crippen LogP contribution in [0, 0.1) is 24.0 Å². The molecule has 0 aromatic heterocycles. The molecule has 0 spiro atoms. The average molecular weight is 469 g/mol. The number of amides is 1. The highest BCUT2D eigenvalue weighted by molar-refractivity contribution is 5.92. The van der Waals surface area contributed by atoms with E-state index in [-0.39, 0.29) is 29.5 Å². The van der Waals surface area contributed by atoms with Gasteiger partial charge in [-0.3, -0.25) is 14.9 Å². The summed E-state index contributed by atoms with van der Waals surface area (Å²) in [5.74, 6) is 0.108. The van der Waals surface area contributed by atoms with Crippen molar-refractivity contribution >= 4 is 17.3 Å². The van der Waals surface area contributed by atoms with Crippen molar-refractivity contribution in [2.45, 2.75) is 33.0 Å². The third-order valence-electron chi connectivity index (χ3n) is 4.74. The van der Waals surface area contributed by atoms with Crippen molar-refractivity contribution in [1.29, 1.82) is 0 Å². The molecule has 0 heterocycles. The molecule has 0 saturated carbocycles. The van der Waals surface area contributed by atoms with E-state index < -0.39 is 17.7 Å². The molecule has 0 saturated heterocycles. The highest BCUT2D eigenvalue weighted by Crippen LogP contribution is 2.29. The Kier molecular flexibility index (Phi) is 8.63. The summed E-state index contributed by atoms with van der Waals surface area (Å²) >= 11 is 0. The van der Waals surface area contributed by atoms with E-state index in [1.807, 2.05) is 11.9 Å². The molecule has 8 nitrogen and oxygen atoms in total. The van der Waals surface area contributed by atoms with Gasteiger partial charge in [-0.1, -0.05) is 12.1 Å². The Balaban J connectivity index is 1.93. The number of nitro groups is 1. The standard InChI is InChI=1S/C22H26F3N3O5/c1-14-9-16(10-15(2)21(14)33-13-22(23,24)25)12-27(3)8-7-20(29)26-18-6-5-17(28(30)31)11-19(18)32-4/h5-6,9-11H,7-8,12-13H2,1-4H3,(H,26,29). The second-order valence-electron chi connectivity index (χ2n) is 7.64. The minimum Gasteiger partial charge on any atom is -0.494 e. The number of non-ortho nitro benzene ring substituents is 1. The van der Waals surface area contributed by atoms with Crippen LogP contribution in [0.1, 0.15) is 23.1 Å². The minimum atomic E-state index is -4.41. The van der Waals surface area contributed by atoms with Gasteiger partial charge in [0, 0.05) is 25.6 Å². The lowest BCUT2D eigenvalue weighted by atomic mass is 10.1. The van der Waals surface area contributed by atoms with Gasteiger partial charge in [-0.25, -0.2) is 0 Å². The molecule has 2 rings (SSSR count). The molecule has 0 unspecified atom stereocenters. The number of benzene rings is 2. The Morgan fingerprint density at radius 1 is 1.18 bits per heavy atom. The maximum Gasteiger partial charge on any atom is 0.422 e. The predicted octanol–water partition coefficient (Wildman–Crippen LogP) is 4.62. The molecule has 0 aliphatic heterocycles. The summed E-state index contributed by atoms with van der Waals surface area (Å²) in [6.45, 7) is 2.92. The quantitative estimate of drug-likeness (QED) is 0.403. The second-order valence-corrected chi connectivity index (χ2v) is 7.64. The van der Waals surface area contributed by atoms with Crippen molar-refractivity contribution in [2.24, 2.45) is 0 Å². The minimum absolute atomic E-state index is 0.148. The zero-order valence-corrected chi connectivity index (χ0v) is 18.8. The summed E-state index contributed by atoms with van der Waals surface area (Å²) in [6.07, 6.45) is -4.25. The summed E-state index contributed by atoms with van der Waals surface area (Å²) in [5, 5.41) is 13.5. The molecule has 0 atom stereocenters. The molecule has 0 aliphatic rings.